The second-order valence-corrected chi connectivity index (χ2v) is 8.27. The Hall–Kier alpha value is -2.05. The first-order valence-electron chi connectivity index (χ1n) is 8.42. The van der Waals surface area contributed by atoms with Crippen LogP contribution in [0, 0.1) is 13.8 Å². The molecule has 7 heteroatoms. The van der Waals surface area contributed by atoms with Crippen molar-refractivity contribution in [3.8, 4) is 0 Å². The third kappa shape index (κ3) is 4.99. The van der Waals surface area contributed by atoms with E-state index in [0.717, 1.165) is 24.0 Å². The minimum Gasteiger partial charge on any atom is -0.352 e. The Morgan fingerprint density at radius 1 is 1.15 bits per heavy atom. The van der Waals surface area contributed by atoms with Crippen LogP contribution in [0.1, 0.15) is 41.3 Å². The van der Waals surface area contributed by atoms with E-state index in [2.05, 4.69) is 10.0 Å². The Kier molecular flexibility index (Phi) is 6.67. The highest BCUT2D eigenvalue weighted by Crippen LogP contribution is 2.29. The summed E-state index contributed by atoms with van der Waals surface area (Å²) in [5.41, 5.74) is 2.32. The van der Waals surface area contributed by atoms with Crippen molar-refractivity contribution in [2.45, 2.75) is 38.5 Å². The molecule has 140 valence electrons. The standard InChI is InChI=1S/C19H23ClN2O3S/c1-4-5-9-21-19(23)15-7-6-8-16(12-15)26(24,25)22-18-14(3)10-13(2)11-17(18)20/h6-8,10-12,22H,4-5,9H2,1-3H3,(H,21,23). The fourth-order valence-corrected chi connectivity index (χ4v) is 4.15. The van der Waals surface area contributed by atoms with Crippen molar-refractivity contribution in [1.82, 2.24) is 5.32 Å². The number of aryl methyl sites for hydroxylation is 2. The van der Waals surface area contributed by atoms with Gasteiger partial charge in [0.15, 0.2) is 0 Å². The molecule has 0 atom stereocenters. The number of unbranched alkanes of at least 4 members (excludes halogenated alkanes) is 1. The zero-order chi connectivity index (χ0) is 19.3. The zero-order valence-electron chi connectivity index (χ0n) is 15.1. The summed E-state index contributed by atoms with van der Waals surface area (Å²) in [4.78, 5) is 12.2. The van der Waals surface area contributed by atoms with Crippen LogP contribution < -0.4 is 10.0 Å². The molecule has 0 saturated heterocycles. The monoisotopic (exact) mass is 394 g/mol. The third-order valence-corrected chi connectivity index (χ3v) is 5.54. The average Bonchev–Trinajstić information content (AvgIpc) is 2.58. The second kappa shape index (κ2) is 8.56. The molecule has 0 fully saturated rings. The largest absolute Gasteiger partial charge is 0.352 e. The Bertz CT molecular complexity index is 888. The van der Waals surface area contributed by atoms with E-state index in [4.69, 9.17) is 11.6 Å². The highest BCUT2D eigenvalue weighted by Gasteiger charge is 2.19. The van der Waals surface area contributed by atoms with E-state index >= 15 is 0 Å². The number of rotatable bonds is 7. The smallest absolute Gasteiger partial charge is 0.261 e. The van der Waals surface area contributed by atoms with Crippen molar-refractivity contribution < 1.29 is 13.2 Å². The van der Waals surface area contributed by atoms with Crippen molar-refractivity contribution in [2.75, 3.05) is 11.3 Å². The van der Waals surface area contributed by atoms with Crippen LogP contribution in [0.5, 0.6) is 0 Å². The van der Waals surface area contributed by atoms with Crippen LogP contribution in [0.25, 0.3) is 0 Å². The lowest BCUT2D eigenvalue weighted by Gasteiger charge is -2.14. The normalized spacial score (nSPS) is 11.2. The van der Waals surface area contributed by atoms with Crippen molar-refractivity contribution >= 4 is 33.2 Å². The summed E-state index contributed by atoms with van der Waals surface area (Å²) in [6.45, 7) is 6.26. The van der Waals surface area contributed by atoms with E-state index in [0.29, 0.717) is 22.8 Å². The molecule has 0 aromatic heterocycles. The molecule has 0 radical (unpaired) electrons. The number of halogens is 1. The number of amides is 1. The molecule has 5 nitrogen and oxygen atoms in total. The molecule has 0 heterocycles. The number of carbonyl (C=O) groups is 1. The van der Waals surface area contributed by atoms with E-state index in [9.17, 15) is 13.2 Å². The summed E-state index contributed by atoms with van der Waals surface area (Å²) < 4.78 is 28.0. The van der Waals surface area contributed by atoms with E-state index < -0.39 is 10.0 Å². The van der Waals surface area contributed by atoms with Gasteiger partial charge in [0.1, 0.15) is 0 Å². The number of hydrogen-bond donors (Lipinski definition) is 2. The molecular formula is C19H23ClN2O3S. The summed E-state index contributed by atoms with van der Waals surface area (Å²) in [6, 6.07) is 9.49. The minimum atomic E-state index is -3.87. The molecule has 2 rings (SSSR count). The molecule has 2 aromatic rings. The van der Waals surface area contributed by atoms with Gasteiger partial charge in [-0.2, -0.15) is 0 Å². The molecule has 26 heavy (non-hydrogen) atoms. The van der Waals surface area contributed by atoms with Crippen LogP contribution in [0.2, 0.25) is 5.02 Å². The maximum absolute atomic E-state index is 12.7. The molecule has 0 bridgehead atoms. The third-order valence-electron chi connectivity index (χ3n) is 3.89. The molecule has 1 amide bonds. The molecular weight excluding hydrogens is 372 g/mol. The van der Waals surface area contributed by atoms with Crippen LogP contribution in [0.4, 0.5) is 5.69 Å². The lowest BCUT2D eigenvalue weighted by molar-refractivity contribution is 0.0953. The van der Waals surface area contributed by atoms with Crippen molar-refractivity contribution in [2.24, 2.45) is 0 Å². The summed E-state index contributed by atoms with van der Waals surface area (Å²) in [5, 5.41) is 3.11. The van der Waals surface area contributed by atoms with Crippen molar-refractivity contribution in [3.63, 3.8) is 0 Å². The van der Waals surface area contributed by atoms with Gasteiger partial charge in [-0.15, -0.1) is 0 Å². The lowest BCUT2D eigenvalue weighted by Crippen LogP contribution is -2.24. The summed E-state index contributed by atoms with van der Waals surface area (Å²) in [6.07, 6.45) is 1.84. The number of hydrogen-bond acceptors (Lipinski definition) is 3. The first-order chi connectivity index (χ1) is 12.2. The zero-order valence-corrected chi connectivity index (χ0v) is 16.7. The summed E-state index contributed by atoms with van der Waals surface area (Å²) in [7, 11) is -3.87. The van der Waals surface area contributed by atoms with Gasteiger partial charge >= 0.3 is 0 Å². The number of benzene rings is 2. The Morgan fingerprint density at radius 2 is 1.88 bits per heavy atom. The predicted octanol–water partition coefficient (Wildman–Crippen LogP) is 4.29. The molecule has 0 aliphatic carbocycles. The van der Waals surface area contributed by atoms with Crippen LogP contribution in [-0.2, 0) is 10.0 Å². The molecule has 0 aliphatic heterocycles. The first kappa shape index (κ1) is 20.3. The highest BCUT2D eigenvalue weighted by atomic mass is 35.5. The SMILES string of the molecule is CCCCNC(=O)c1cccc(S(=O)(=O)Nc2c(C)cc(C)cc2Cl)c1. The van der Waals surface area contributed by atoms with Gasteiger partial charge in [0, 0.05) is 12.1 Å². The minimum absolute atomic E-state index is 0.0108. The van der Waals surface area contributed by atoms with E-state index in [1.54, 1.807) is 25.1 Å². The fourth-order valence-electron chi connectivity index (χ4n) is 2.52. The number of carbonyl (C=O) groups excluding carboxylic acids is 1. The van der Waals surface area contributed by atoms with Gasteiger partial charge in [0.2, 0.25) is 0 Å². The molecule has 2 N–H and O–H groups in total. The van der Waals surface area contributed by atoms with Gasteiger partial charge in [0.25, 0.3) is 15.9 Å². The second-order valence-electron chi connectivity index (χ2n) is 6.18. The molecule has 0 aliphatic rings. The van der Waals surface area contributed by atoms with Gasteiger partial charge in [-0.05, 0) is 55.7 Å². The van der Waals surface area contributed by atoms with Gasteiger partial charge < -0.3 is 5.32 Å². The highest BCUT2D eigenvalue weighted by molar-refractivity contribution is 7.92. The van der Waals surface area contributed by atoms with Gasteiger partial charge in [-0.3, -0.25) is 9.52 Å². The molecule has 0 spiro atoms. The van der Waals surface area contributed by atoms with Gasteiger partial charge in [-0.1, -0.05) is 37.1 Å². The maximum Gasteiger partial charge on any atom is 0.261 e. The lowest BCUT2D eigenvalue weighted by atomic mass is 10.1. The van der Waals surface area contributed by atoms with Crippen LogP contribution in [-0.4, -0.2) is 20.9 Å². The maximum atomic E-state index is 12.7. The van der Waals surface area contributed by atoms with Crippen molar-refractivity contribution in [3.05, 3.63) is 58.1 Å². The van der Waals surface area contributed by atoms with E-state index in [1.165, 1.54) is 12.1 Å². The molecule has 0 saturated carbocycles. The molecule has 0 unspecified atom stereocenters. The van der Waals surface area contributed by atoms with E-state index in [-0.39, 0.29) is 10.8 Å². The Morgan fingerprint density at radius 3 is 2.54 bits per heavy atom. The average molecular weight is 395 g/mol. The van der Waals surface area contributed by atoms with E-state index in [1.807, 2.05) is 19.9 Å². The Labute approximate surface area is 159 Å². The number of nitrogens with one attached hydrogen (secondary N) is 2. The van der Waals surface area contributed by atoms with Crippen LogP contribution >= 0.6 is 11.6 Å². The predicted molar refractivity (Wildman–Crippen MR) is 105 cm³/mol. The van der Waals surface area contributed by atoms with Gasteiger partial charge in [-0.25, -0.2) is 8.42 Å². The van der Waals surface area contributed by atoms with Crippen LogP contribution in [0.15, 0.2) is 41.3 Å². The summed E-state index contributed by atoms with van der Waals surface area (Å²) >= 11 is 6.19. The summed E-state index contributed by atoms with van der Waals surface area (Å²) in [5.74, 6) is -0.292. The topological polar surface area (TPSA) is 75.3 Å². The van der Waals surface area contributed by atoms with Crippen LogP contribution in [0.3, 0.4) is 0 Å². The first-order valence-corrected chi connectivity index (χ1v) is 10.3. The molecule has 2 aromatic carbocycles. The van der Waals surface area contributed by atoms with Gasteiger partial charge in [0.05, 0.1) is 15.6 Å². The quantitative estimate of drug-likeness (QED) is 0.688. The van der Waals surface area contributed by atoms with Crippen molar-refractivity contribution in [1.29, 1.82) is 0 Å². The fraction of sp³-hybridized carbons (Fsp3) is 0.316. The number of anilines is 1. The number of sulfonamides is 1. The Balaban J connectivity index is 2.27.